The summed E-state index contributed by atoms with van der Waals surface area (Å²) in [5.74, 6) is -0.697. The van der Waals surface area contributed by atoms with Crippen LogP contribution < -0.4 is 20.3 Å². The van der Waals surface area contributed by atoms with E-state index in [2.05, 4.69) is 15.6 Å². The lowest BCUT2D eigenvalue weighted by atomic mass is 10.2. The number of ether oxygens (including phenoxy) is 1. The first-order valence-electron chi connectivity index (χ1n) is 9.27. The van der Waals surface area contributed by atoms with Gasteiger partial charge >= 0.3 is 0 Å². The average molecular weight is 439 g/mol. The molecule has 0 fully saturated rings. The van der Waals surface area contributed by atoms with Gasteiger partial charge in [0.05, 0.1) is 12.0 Å². The second-order valence-corrected chi connectivity index (χ2v) is 8.25. The molecule has 0 aliphatic rings. The second-order valence-electron chi connectivity index (χ2n) is 6.48. The fourth-order valence-electron chi connectivity index (χ4n) is 2.68. The van der Waals surface area contributed by atoms with Crippen molar-refractivity contribution in [3.63, 3.8) is 0 Å². The molecule has 0 heterocycles. The zero-order valence-corrected chi connectivity index (χ0v) is 17.5. The van der Waals surface area contributed by atoms with Crippen LogP contribution in [-0.2, 0) is 16.6 Å². The number of sulfonamides is 1. The highest BCUT2D eigenvalue weighted by atomic mass is 32.2. The molecule has 9 heteroatoms. The highest BCUT2D eigenvalue weighted by Crippen LogP contribution is 2.13. The molecule has 0 atom stereocenters. The topological polar surface area (TPSA) is 114 Å². The largest absolute Gasteiger partial charge is 0.497 e. The van der Waals surface area contributed by atoms with E-state index in [0.717, 1.165) is 5.56 Å². The van der Waals surface area contributed by atoms with Crippen molar-refractivity contribution in [2.75, 3.05) is 7.11 Å². The molecule has 3 aromatic carbocycles. The number of benzene rings is 3. The molecule has 3 N–H and O–H groups in total. The predicted octanol–water partition coefficient (Wildman–Crippen LogP) is 2.25. The molecule has 8 nitrogen and oxygen atoms in total. The van der Waals surface area contributed by atoms with Gasteiger partial charge in [0, 0.05) is 17.7 Å². The van der Waals surface area contributed by atoms with Crippen LogP contribution in [0.2, 0.25) is 0 Å². The third-order valence-electron chi connectivity index (χ3n) is 4.34. The minimum atomic E-state index is -3.83. The Morgan fingerprint density at radius 3 is 2.06 bits per heavy atom. The third kappa shape index (κ3) is 5.91. The summed E-state index contributed by atoms with van der Waals surface area (Å²) in [6, 6.07) is 21.0. The Kier molecular flexibility index (Phi) is 7.01. The molecule has 0 radical (unpaired) electrons. The molecule has 0 aliphatic heterocycles. The summed E-state index contributed by atoms with van der Waals surface area (Å²) in [6.45, 7) is 0.121. The fourth-order valence-corrected chi connectivity index (χ4v) is 3.75. The van der Waals surface area contributed by atoms with Crippen molar-refractivity contribution in [2.45, 2.75) is 11.4 Å². The Labute approximate surface area is 180 Å². The van der Waals surface area contributed by atoms with E-state index in [1.54, 1.807) is 30.3 Å². The van der Waals surface area contributed by atoms with Crippen LogP contribution >= 0.6 is 0 Å². The van der Waals surface area contributed by atoms with Crippen molar-refractivity contribution >= 4 is 21.8 Å². The molecule has 0 aromatic heterocycles. The Balaban J connectivity index is 1.64. The molecule has 2 amide bonds. The van der Waals surface area contributed by atoms with Crippen molar-refractivity contribution in [3.8, 4) is 5.75 Å². The number of hydrogen-bond acceptors (Lipinski definition) is 5. The standard InChI is InChI=1S/C22H21N3O5S/c1-30-19-11-5-9-17(13-19)21(26)24-25-22(27)18-10-6-12-20(14-18)31(28,29)23-15-16-7-3-2-4-8-16/h2-14,23H,15H2,1H3,(H,24,26)(H,25,27). The molecule has 0 aliphatic carbocycles. The third-order valence-corrected chi connectivity index (χ3v) is 5.74. The molecule has 0 unspecified atom stereocenters. The number of hydrazine groups is 1. The number of hydrogen-bond donors (Lipinski definition) is 3. The van der Waals surface area contributed by atoms with E-state index in [4.69, 9.17) is 4.74 Å². The molecule has 0 saturated carbocycles. The summed E-state index contributed by atoms with van der Waals surface area (Å²) >= 11 is 0. The van der Waals surface area contributed by atoms with Gasteiger partial charge in [-0.15, -0.1) is 0 Å². The van der Waals surface area contributed by atoms with Gasteiger partial charge in [0.15, 0.2) is 0 Å². The van der Waals surface area contributed by atoms with Gasteiger partial charge < -0.3 is 4.74 Å². The number of carbonyl (C=O) groups is 2. The number of nitrogens with one attached hydrogen (secondary N) is 3. The molecule has 160 valence electrons. The van der Waals surface area contributed by atoms with E-state index in [1.165, 1.54) is 37.4 Å². The number of rotatable bonds is 7. The zero-order valence-electron chi connectivity index (χ0n) is 16.7. The highest BCUT2D eigenvalue weighted by Gasteiger charge is 2.17. The van der Waals surface area contributed by atoms with E-state index in [9.17, 15) is 18.0 Å². The van der Waals surface area contributed by atoms with Crippen molar-refractivity contribution < 1.29 is 22.7 Å². The van der Waals surface area contributed by atoms with Crippen LogP contribution in [0, 0.1) is 0 Å². The van der Waals surface area contributed by atoms with E-state index in [0.29, 0.717) is 11.3 Å². The van der Waals surface area contributed by atoms with E-state index >= 15 is 0 Å². The van der Waals surface area contributed by atoms with Crippen molar-refractivity contribution in [3.05, 3.63) is 95.6 Å². The van der Waals surface area contributed by atoms with Crippen molar-refractivity contribution in [1.29, 1.82) is 0 Å². The number of amides is 2. The molecule has 3 rings (SSSR count). The van der Waals surface area contributed by atoms with Gasteiger partial charge in [0.1, 0.15) is 5.75 Å². The number of carbonyl (C=O) groups excluding carboxylic acids is 2. The lowest BCUT2D eigenvalue weighted by molar-refractivity contribution is 0.0846. The van der Waals surface area contributed by atoms with Crippen LogP contribution in [0.5, 0.6) is 5.75 Å². The van der Waals surface area contributed by atoms with E-state index < -0.39 is 21.8 Å². The molecular formula is C22H21N3O5S. The van der Waals surface area contributed by atoms with Crippen LogP contribution in [0.15, 0.2) is 83.8 Å². The highest BCUT2D eigenvalue weighted by molar-refractivity contribution is 7.89. The molecule has 0 saturated heterocycles. The minimum absolute atomic E-state index is 0.0600. The maximum absolute atomic E-state index is 12.6. The summed E-state index contributed by atoms with van der Waals surface area (Å²) in [4.78, 5) is 24.5. The summed E-state index contributed by atoms with van der Waals surface area (Å²) in [6.07, 6.45) is 0. The Morgan fingerprint density at radius 2 is 1.42 bits per heavy atom. The minimum Gasteiger partial charge on any atom is -0.497 e. The van der Waals surface area contributed by atoms with Crippen LogP contribution in [-0.4, -0.2) is 27.3 Å². The van der Waals surface area contributed by atoms with Gasteiger partial charge in [0.25, 0.3) is 11.8 Å². The SMILES string of the molecule is COc1cccc(C(=O)NNC(=O)c2cccc(S(=O)(=O)NCc3ccccc3)c2)c1. The average Bonchev–Trinajstić information content (AvgIpc) is 2.81. The summed E-state index contributed by atoms with van der Waals surface area (Å²) < 4.78 is 32.7. The van der Waals surface area contributed by atoms with Crippen molar-refractivity contribution in [1.82, 2.24) is 15.6 Å². The van der Waals surface area contributed by atoms with Gasteiger partial charge in [0.2, 0.25) is 10.0 Å². The van der Waals surface area contributed by atoms with Crippen molar-refractivity contribution in [2.24, 2.45) is 0 Å². The van der Waals surface area contributed by atoms with Gasteiger partial charge in [-0.3, -0.25) is 20.4 Å². The fraction of sp³-hybridized carbons (Fsp3) is 0.0909. The molecule has 31 heavy (non-hydrogen) atoms. The summed E-state index contributed by atoms with van der Waals surface area (Å²) in [5.41, 5.74) is 5.75. The van der Waals surface area contributed by atoms with Crippen LogP contribution in [0.1, 0.15) is 26.3 Å². The lowest BCUT2D eigenvalue weighted by Gasteiger charge is -2.10. The Bertz CT molecular complexity index is 1180. The maximum Gasteiger partial charge on any atom is 0.269 e. The Morgan fingerprint density at radius 1 is 0.806 bits per heavy atom. The first-order valence-corrected chi connectivity index (χ1v) is 10.8. The van der Waals surface area contributed by atoms with Crippen LogP contribution in [0.3, 0.4) is 0 Å². The zero-order chi connectivity index (χ0) is 22.3. The smallest absolute Gasteiger partial charge is 0.269 e. The van der Waals surface area contributed by atoms with Gasteiger partial charge in [-0.05, 0) is 42.0 Å². The summed E-state index contributed by atoms with van der Waals surface area (Å²) in [7, 11) is -2.35. The molecular weight excluding hydrogens is 418 g/mol. The first kappa shape index (κ1) is 22.0. The quantitative estimate of drug-likeness (QED) is 0.489. The van der Waals surface area contributed by atoms with E-state index in [-0.39, 0.29) is 17.0 Å². The van der Waals surface area contributed by atoms with Gasteiger partial charge in [-0.1, -0.05) is 42.5 Å². The molecule has 0 bridgehead atoms. The second kappa shape index (κ2) is 9.88. The van der Waals surface area contributed by atoms with Gasteiger partial charge in [-0.2, -0.15) is 0 Å². The monoisotopic (exact) mass is 439 g/mol. The molecule has 0 spiro atoms. The normalized spacial score (nSPS) is 10.9. The predicted molar refractivity (Wildman–Crippen MR) is 115 cm³/mol. The van der Waals surface area contributed by atoms with Crippen LogP contribution in [0.25, 0.3) is 0 Å². The van der Waals surface area contributed by atoms with Gasteiger partial charge in [-0.25, -0.2) is 13.1 Å². The lowest BCUT2D eigenvalue weighted by Crippen LogP contribution is -2.41. The van der Waals surface area contributed by atoms with E-state index in [1.807, 2.05) is 18.2 Å². The summed E-state index contributed by atoms with van der Waals surface area (Å²) in [5, 5.41) is 0. The Hall–Kier alpha value is -3.69. The molecule has 3 aromatic rings. The number of methoxy groups -OCH3 is 1. The first-order chi connectivity index (χ1) is 14.9. The van der Waals surface area contributed by atoms with Crippen LogP contribution in [0.4, 0.5) is 0 Å². The maximum atomic E-state index is 12.6.